The minimum atomic E-state index is -0.498. The van der Waals surface area contributed by atoms with Crippen LogP contribution in [0.2, 0.25) is 0 Å². The number of aliphatic imine (C=N–C) groups is 2. The second-order valence-corrected chi connectivity index (χ2v) is 7.63. The van der Waals surface area contributed by atoms with Crippen molar-refractivity contribution >= 4 is 23.7 Å². The first kappa shape index (κ1) is 18.9. The summed E-state index contributed by atoms with van der Waals surface area (Å²) in [5.41, 5.74) is 1.41. The highest BCUT2D eigenvalue weighted by Crippen LogP contribution is 2.38. The topological polar surface area (TPSA) is 86.5 Å². The van der Waals surface area contributed by atoms with E-state index in [-0.39, 0.29) is 30.2 Å². The lowest BCUT2D eigenvalue weighted by molar-refractivity contribution is -0.155. The maximum Gasteiger partial charge on any atom is 0.308 e. The van der Waals surface area contributed by atoms with Gasteiger partial charge in [0, 0.05) is 19.8 Å². The molecule has 7 nitrogen and oxygen atoms in total. The second kappa shape index (κ2) is 7.42. The quantitative estimate of drug-likeness (QED) is 0.795. The summed E-state index contributed by atoms with van der Waals surface area (Å²) in [5.74, 6) is 0.699. The molecular formula is C20H26N4O3. The van der Waals surface area contributed by atoms with Crippen LogP contribution in [-0.4, -0.2) is 53.5 Å². The van der Waals surface area contributed by atoms with E-state index < -0.39 is 5.60 Å². The van der Waals surface area contributed by atoms with Gasteiger partial charge < -0.3 is 20.1 Å². The predicted molar refractivity (Wildman–Crippen MR) is 106 cm³/mol. The Morgan fingerprint density at radius 3 is 2.81 bits per heavy atom. The summed E-state index contributed by atoms with van der Waals surface area (Å²) in [6.07, 6.45) is 3.65. The van der Waals surface area contributed by atoms with Gasteiger partial charge >= 0.3 is 5.97 Å². The third-order valence-electron chi connectivity index (χ3n) is 4.42. The van der Waals surface area contributed by atoms with Crippen LogP contribution in [0.3, 0.4) is 0 Å². The predicted octanol–water partition coefficient (Wildman–Crippen LogP) is 2.38. The van der Waals surface area contributed by atoms with Crippen LogP contribution in [0.15, 0.2) is 40.5 Å². The number of benzene rings is 1. The van der Waals surface area contributed by atoms with Gasteiger partial charge in [0.15, 0.2) is 0 Å². The molecule has 2 aliphatic rings. The molecule has 144 valence electrons. The normalized spacial score (nSPS) is 21.4. The number of phenols is 1. The molecule has 0 aromatic heterocycles. The Bertz CT molecular complexity index is 808. The monoisotopic (exact) mass is 370 g/mol. The van der Waals surface area contributed by atoms with Crippen molar-refractivity contribution in [1.29, 1.82) is 0 Å². The first-order valence-corrected chi connectivity index (χ1v) is 9.04. The van der Waals surface area contributed by atoms with Crippen molar-refractivity contribution in [2.24, 2.45) is 15.9 Å². The summed E-state index contributed by atoms with van der Waals surface area (Å²) in [6.45, 7) is 6.07. The summed E-state index contributed by atoms with van der Waals surface area (Å²) < 4.78 is 5.41. The zero-order valence-electron chi connectivity index (χ0n) is 16.1. The number of carbonyl (C=O) groups excluding carboxylic acids is 1. The third-order valence-corrected chi connectivity index (χ3v) is 4.42. The number of esters is 1. The van der Waals surface area contributed by atoms with E-state index in [1.165, 1.54) is 0 Å². The van der Waals surface area contributed by atoms with Crippen LogP contribution in [0.4, 0.5) is 0 Å². The molecule has 0 fully saturated rings. The molecule has 0 radical (unpaired) electrons. The van der Waals surface area contributed by atoms with Crippen molar-refractivity contribution in [3.05, 3.63) is 36.0 Å². The molecule has 0 amide bonds. The van der Waals surface area contributed by atoms with E-state index in [0.29, 0.717) is 6.54 Å². The zero-order valence-corrected chi connectivity index (χ0v) is 16.1. The lowest BCUT2D eigenvalue weighted by Gasteiger charge is -2.29. The number of ether oxygens (including phenoxy) is 1. The van der Waals surface area contributed by atoms with Gasteiger partial charge in [-0.25, -0.2) is 9.98 Å². The number of hydrogen-bond donors (Lipinski definition) is 2. The number of fused-ring (bicyclic) bond motifs is 1. The molecule has 2 aliphatic heterocycles. The molecule has 2 heterocycles. The number of phenolic OH excluding ortho intramolecular Hbond substituents is 1. The summed E-state index contributed by atoms with van der Waals surface area (Å²) in [5, 5.41) is 13.0. The van der Waals surface area contributed by atoms with E-state index in [2.05, 4.69) is 15.3 Å². The molecule has 0 spiro atoms. The Morgan fingerprint density at radius 2 is 2.15 bits per heavy atom. The number of amidine groups is 1. The number of aromatic hydroxyl groups is 1. The molecule has 2 unspecified atom stereocenters. The summed E-state index contributed by atoms with van der Waals surface area (Å²) in [7, 11) is 1.83. The van der Waals surface area contributed by atoms with Gasteiger partial charge in [-0.05, 0) is 44.0 Å². The van der Waals surface area contributed by atoms with Crippen LogP contribution in [0.25, 0.3) is 5.57 Å². The molecule has 7 heteroatoms. The highest BCUT2D eigenvalue weighted by Gasteiger charge is 2.40. The van der Waals surface area contributed by atoms with Gasteiger partial charge in [-0.15, -0.1) is 0 Å². The first-order chi connectivity index (χ1) is 12.8. The Balaban J connectivity index is 1.83. The molecular weight excluding hydrogens is 344 g/mol. The fraction of sp³-hybridized carbons (Fsp3) is 0.450. The number of nitrogens with zero attached hydrogens (tertiary/aromatic N) is 3. The molecule has 2 atom stereocenters. The van der Waals surface area contributed by atoms with Crippen LogP contribution < -0.4 is 5.32 Å². The maximum atomic E-state index is 12.1. The Hall–Kier alpha value is -2.83. The minimum Gasteiger partial charge on any atom is -0.508 e. The van der Waals surface area contributed by atoms with Crippen molar-refractivity contribution < 1.29 is 14.6 Å². The second-order valence-electron chi connectivity index (χ2n) is 7.63. The average molecular weight is 370 g/mol. The van der Waals surface area contributed by atoms with E-state index in [1.54, 1.807) is 18.5 Å². The lowest BCUT2D eigenvalue weighted by atomic mass is 9.91. The van der Waals surface area contributed by atoms with E-state index in [9.17, 15) is 9.90 Å². The molecule has 3 rings (SSSR count). The van der Waals surface area contributed by atoms with E-state index in [0.717, 1.165) is 17.0 Å². The SMILES string of the molecule is CNC1=NC=NC2C1C(c1cccc(O)c1)=CN2CCC(=O)OC(C)(C)C. The molecule has 0 bridgehead atoms. The van der Waals surface area contributed by atoms with Crippen LogP contribution in [0, 0.1) is 5.92 Å². The van der Waals surface area contributed by atoms with Crippen molar-refractivity contribution in [3.63, 3.8) is 0 Å². The average Bonchev–Trinajstić information content (AvgIpc) is 2.97. The van der Waals surface area contributed by atoms with Crippen molar-refractivity contribution in [1.82, 2.24) is 10.2 Å². The van der Waals surface area contributed by atoms with Crippen LogP contribution in [-0.2, 0) is 9.53 Å². The third kappa shape index (κ3) is 4.30. The van der Waals surface area contributed by atoms with Crippen LogP contribution in [0.1, 0.15) is 32.8 Å². The molecule has 27 heavy (non-hydrogen) atoms. The van der Waals surface area contributed by atoms with Crippen molar-refractivity contribution in [2.45, 2.75) is 39.0 Å². The van der Waals surface area contributed by atoms with Gasteiger partial charge in [0.05, 0.1) is 12.3 Å². The number of hydrogen-bond acceptors (Lipinski definition) is 7. The Labute approximate surface area is 159 Å². The van der Waals surface area contributed by atoms with Crippen molar-refractivity contribution in [3.8, 4) is 5.75 Å². The van der Waals surface area contributed by atoms with E-state index >= 15 is 0 Å². The summed E-state index contributed by atoms with van der Waals surface area (Å²) in [4.78, 5) is 23.0. The van der Waals surface area contributed by atoms with E-state index in [1.807, 2.05) is 51.1 Å². The molecule has 0 saturated heterocycles. The lowest BCUT2D eigenvalue weighted by Crippen LogP contribution is -2.42. The van der Waals surface area contributed by atoms with Gasteiger partial charge in [0.25, 0.3) is 0 Å². The van der Waals surface area contributed by atoms with E-state index in [4.69, 9.17) is 4.74 Å². The highest BCUT2D eigenvalue weighted by molar-refractivity contribution is 6.01. The summed E-state index contributed by atoms with van der Waals surface area (Å²) in [6, 6.07) is 7.13. The highest BCUT2D eigenvalue weighted by atomic mass is 16.6. The fourth-order valence-corrected chi connectivity index (χ4v) is 3.36. The Morgan fingerprint density at radius 1 is 1.37 bits per heavy atom. The molecule has 0 saturated carbocycles. The maximum absolute atomic E-state index is 12.1. The van der Waals surface area contributed by atoms with Crippen LogP contribution >= 0.6 is 0 Å². The van der Waals surface area contributed by atoms with Gasteiger partial charge in [0.2, 0.25) is 0 Å². The van der Waals surface area contributed by atoms with Gasteiger partial charge in [0.1, 0.15) is 29.7 Å². The molecule has 1 aromatic rings. The minimum absolute atomic E-state index is 0.0829. The first-order valence-electron chi connectivity index (χ1n) is 9.04. The number of carbonyl (C=O) groups is 1. The zero-order chi connectivity index (χ0) is 19.6. The molecule has 1 aromatic carbocycles. The Kier molecular flexibility index (Phi) is 5.21. The number of nitrogens with one attached hydrogen (secondary N) is 1. The fourth-order valence-electron chi connectivity index (χ4n) is 3.36. The van der Waals surface area contributed by atoms with Gasteiger partial charge in [-0.1, -0.05) is 12.1 Å². The number of rotatable bonds is 4. The largest absolute Gasteiger partial charge is 0.508 e. The molecule has 0 aliphatic carbocycles. The summed E-state index contributed by atoms with van der Waals surface area (Å²) >= 11 is 0. The smallest absolute Gasteiger partial charge is 0.308 e. The van der Waals surface area contributed by atoms with Gasteiger partial charge in [-0.3, -0.25) is 4.79 Å². The molecule has 2 N–H and O–H groups in total. The van der Waals surface area contributed by atoms with Crippen LogP contribution in [0.5, 0.6) is 5.75 Å². The van der Waals surface area contributed by atoms with Gasteiger partial charge in [-0.2, -0.15) is 0 Å². The standard InChI is InChI=1S/C20H26N4O3/c1-20(2,3)27-16(26)8-9-24-11-15(13-6-5-7-14(25)10-13)17-18(21-4)22-12-23-19(17)24/h5-7,10-12,17,19,25H,8-9H2,1-4H3,(H,21,22,23). The van der Waals surface area contributed by atoms with Crippen molar-refractivity contribution in [2.75, 3.05) is 13.6 Å².